The van der Waals surface area contributed by atoms with Crippen LogP contribution in [0.2, 0.25) is 0 Å². The number of hydrogen-bond donors (Lipinski definition) is 13. The highest BCUT2D eigenvalue weighted by Crippen LogP contribution is 1.94. The molecule has 0 fully saturated rings. The van der Waals surface area contributed by atoms with E-state index in [0.29, 0.717) is 0 Å². The summed E-state index contributed by atoms with van der Waals surface area (Å²) in [6.07, 6.45) is 0. The van der Waals surface area contributed by atoms with Gasteiger partial charge in [0.05, 0.1) is 26.2 Å². The van der Waals surface area contributed by atoms with Gasteiger partial charge in [-0.15, -0.1) is 13.2 Å². The van der Waals surface area contributed by atoms with E-state index >= 15 is 0 Å². The topological polar surface area (TPSA) is 487 Å². The van der Waals surface area contributed by atoms with E-state index in [1.807, 2.05) is 0 Å². The van der Waals surface area contributed by atoms with Crippen molar-refractivity contribution in [2.75, 3.05) is 39.3 Å². The second-order valence-electron chi connectivity index (χ2n) is 7.63. The number of aliphatic carboxylic acids is 11. The van der Waals surface area contributed by atoms with Gasteiger partial charge in [-0.1, -0.05) is 0 Å². The van der Waals surface area contributed by atoms with E-state index in [4.69, 9.17) is 89.7 Å². The number of hydrogen-bond acceptors (Lipinski definition) is 15. The van der Waals surface area contributed by atoms with E-state index in [2.05, 4.69) is 13.2 Å². The first kappa shape index (κ1) is 75.9. The summed E-state index contributed by atoms with van der Waals surface area (Å²) in [5.41, 5.74) is 0. The van der Waals surface area contributed by atoms with Gasteiger partial charge in [-0.2, -0.15) is 0 Å². The summed E-state index contributed by atoms with van der Waals surface area (Å²) in [5.74, 6) is -10.7. The second-order valence-corrected chi connectivity index (χ2v) is 7.63. The normalized spacial score (nSPS) is 7.56. The zero-order valence-electron chi connectivity index (χ0n) is 29.9. The minimum atomic E-state index is -1.23. The molecule has 0 aliphatic rings. The van der Waals surface area contributed by atoms with Gasteiger partial charge in [-0.3, -0.25) is 62.5 Å². The highest BCUT2D eigenvalue weighted by molar-refractivity contribution is 5.73. The number of carbonyl (C=O) groups is 11. The smallest absolute Gasteiger partial charge is 0.317 e. The molecule has 0 aromatic heterocycles. The molecule has 0 amide bonds. The fraction of sp³-hybridized carbons (Fsp3) is 0.500. The molecule has 0 spiro atoms. The highest BCUT2D eigenvalue weighted by atomic mass is 16.4. The van der Waals surface area contributed by atoms with Gasteiger partial charge in [0, 0.05) is 61.6 Å². The van der Waals surface area contributed by atoms with Gasteiger partial charge in [-0.05, 0) is 0 Å². The van der Waals surface area contributed by atoms with Crippen LogP contribution in [0.25, 0.3) is 0 Å². The number of carboxylic acid groups (broad SMARTS) is 11. The summed E-state index contributed by atoms with van der Waals surface area (Å²) in [6, 6.07) is 0. The summed E-state index contributed by atoms with van der Waals surface area (Å²) < 4.78 is 0. The quantitative estimate of drug-likeness (QED) is 0.120. The molecule has 0 saturated carbocycles. The lowest BCUT2D eigenvalue weighted by molar-refractivity contribution is -0.145. The first-order valence-corrected chi connectivity index (χ1v) is 12.5. The lowest BCUT2D eigenvalue weighted by Crippen LogP contribution is -2.43. The average molecular weight is 775 g/mol. The molecule has 0 bridgehead atoms. The number of carboxylic acids is 11. The molecule has 0 aliphatic carbocycles. The maximum Gasteiger partial charge on any atom is 0.317 e. The largest absolute Gasteiger partial charge is 0.481 e. The summed E-state index contributed by atoms with van der Waals surface area (Å²) in [5, 5.41) is 86.4. The van der Waals surface area contributed by atoms with Gasteiger partial charge in [-0.25, -0.2) is 0 Å². The third-order valence-corrected chi connectivity index (χ3v) is 2.17. The minimum Gasteiger partial charge on any atom is -0.481 e. The van der Waals surface area contributed by atoms with Crippen molar-refractivity contribution in [3.8, 4) is 0 Å². The molecule has 0 radical (unpaired) electrons. The standard InChI is InChI=1S/C10H16N2O8.7C2H4O2.C2H4.2H3N/c13-7(14)3-11(4-8(15)16)1-2-12(5-9(17)18)6-10(19)20;7*1-2(3)4;1-2;;/h1-6H2,(H,13,14)(H,15,16)(H,17,18)(H,19,20);7*1H3,(H,3,4);1-2H2;2*1H3. The third-order valence-electron chi connectivity index (χ3n) is 2.17. The maximum atomic E-state index is 10.6. The lowest BCUT2D eigenvalue weighted by Gasteiger charge is -2.23. The fourth-order valence-electron chi connectivity index (χ4n) is 1.48. The van der Waals surface area contributed by atoms with Crippen LogP contribution in [-0.4, -0.2) is 171 Å². The van der Waals surface area contributed by atoms with Crippen LogP contribution in [0, 0.1) is 0 Å². The number of rotatable bonds is 11. The first-order chi connectivity index (χ1) is 22.3. The molecule has 0 saturated heterocycles. The first-order valence-electron chi connectivity index (χ1n) is 12.5. The van der Waals surface area contributed by atoms with Crippen molar-refractivity contribution < 1.29 is 109 Å². The van der Waals surface area contributed by atoms with Crippen molar-refractivity contribution in [3.05, 3.63) is 13.2 Å². The summed E-state index contributed by atoms with van der Waals surface area (Å²) in [7, 11) is 0. The predicted octanol–water partition coefficient (Wildman–Crippen LogP) is -0.309. The Hall–Kier alpha value is -6.25. The Kier molecular flexibility index (Phi) is 83.2. The molecule has 0 aromatic carbocycles. The molecule has 26 nitrogen and oxygen atoms in total. The van der Waals surface area contributed by atoms with E-state index in [1.165, 1.54) is 0 Å². The SMILES string of the molecule is C=C.CC(=O)O.CC(=O)O.CC(=O)O.CC(=O)O.CC(=O)O.CC(=O)O.CC(=O)O.N.N.O=C(O)CN(CCN(CC(=O)O)CC(=O)O)CC(=O)O. The highest BCUT2D eigenvalue weighted by Gasteiger charge is 2.18. The monoisotopic (exact) mass is 774 g/mol. The van der Waals surface area contributed by atoms with Crippen molar-refractivity contribution >= 4 is 65.7 Å². The Morgan fingerprint density at radius 1 is 0.327 bits per heavy atom. The van der Waals surface area contributed by atoms with Gasteiger partial charge in [0.2, 0.25) is 0 Å². The van der Waals surface area contributed by atoms with Crippen LogP contribution in [0.1, 0.15) is 48.5 Å². The maximum absolute atomic E-state index is 10.6. The van der Waals surface area contributed by atoms with Crippen LogP contribution in [0.3, 0.4) is 0 Å². The Bertz CT molecular complexity index is 806. The summed E-state index contributed by atoms with van der Waals surface area (Å²) >= 11 is 0. The summed E-state index contributed by atoms with van der Waals surface area (Å²) in [6.45, 7) is 11.3. The lowest BCUT2D eigenvalue weighted by atomic mass is 10.4. The van der Waals surface area contributed by atoms with Crippen LogP contribution in [0.15, 0.2) is 13.2 Å². The molecule has 0 atom stereocenters. The molecule has 26 heteroatoms. The van der Waals surface area contributed by atoms with Gasteiger partial charge in [0.1, 0.15) is 0 Å². The Balaban J connectivity index is -0.0000000479. The summed E-state index contributed by atoms with van der Waals surface area (Å²) in [4.78, 5) is 107. The molecule has 0 unspecified atom stereocenters. The molecule has 310 valence electrons. The molecule has 0 aromatic rings. The van der Waals surface area contributed by atoms with Crippen molar-refractivity contribution in [3.63, 3.8) is 0 Å². The van der Waals surface area contributed by atoms with Crippen molar-refractivity contribution in [2.45, 2.75) is 48.5 Å². The van der Waals surface area contributed by atoms with E-state index in [-0.39, 0.29) is 25.4 Å². The Labute approximate surface area is 298 Å². The van der Waals surface area contributed by atoms with E-state index in [0.717, 1.165) is 58.3 Å². The van der Waals surface area contributed by atoms with E-state index < -0.39 is 91.8 Å². The van der Waals surface area contributed by atoms with Crippen LogP contribution >= 0.6 is 0 Å². The Morgan fingerprint density at radius 2 is 0.404 bits per heavy atom. The van der Waals surface area contributed by atoms with Crippen molar-refractivity contribution in [2.24, 2.45) is 0 Å². The molecule has 17 N–H and O–H groups in total. The van der Waals surface area contributed by atoms with Crippen molar-refractivity contribution in [1.82, 2.24) is 22.1 Å². The fourth-order valence-corrected chi connectivity index (χ4v) is 1.48. The molecule has 0 heterocycles. The van der Waals surface area contributed by atoms with E-state index in [1.54, 1.807) is 0 Å². The molecular weight excluding hydrogens is 720 g/mol. The number of nitrogens with zero attached hydrogens (tertiary/aromatic N) is 2. The van der Waals surface area contributed by atoms with Gasteiger partial charge < -0.3 is 68.5 Å². The zero-order chi connectivity index (χ0) is 42.7. The van der Waals surface area contributed by atoms with Gasteiger partial charge in [0.25, 0.3) is 41.8 Å². The zero-order valence-corrected chi connectivity index (χ0v) is 29.9. The average Bonchev–Trinajstić information content (AvgIpc) is 2.80. The van der Waals surface area contributed by atoms with Gasteiger partial charge in [0.15, 0.2) is 0 Å². The Morgan fingerprint density at radius 3 is 0.462 bits per heavy atom. The second kappa shape index (κ2) is 57.0. The van der Waals surface area contributed by atoms with Crippen LogP contribution in [0.5, 0.6) is 0 Å². The molecule has 0 rings (SSSR count). The van der Waals surface area contributed by atoms with Crippen LogP contribution < -0.4 is 12.3 Å². The van der Waals surface area contributed by atoms with Gasteiger partial charge >= 0.3 is 23.9 Å². The van der Waals surface area contributed by atoms with Crippen molar-refractivity contribution in [1.29, 1.82) is 0 Å². The third kappa shape index (κ3) is 368. The van der Waals surface area contributed by atoms with Crippen LogP contribution in [0.4, 0.5) is 0 Å². The molecule has 0 aliphatic heterocycles. The molecular formula is C26H54N4O22. The van der Waals surface area contributed by atoms with E-state index in [9.17, 15) is 19.2 Å². The predicted molar refractivity (Wildman–Crippen MR) is 178 cm³/mol. The minimum absolute atomic E-state index is 0. The van der Waals surface area contributed by atoms with Crippen LogP contribution in [-0.2, 0) is 52.7 Å². The molecule has 52 heavy (non-hydrogen) atoms.